The van der Waals surface area contributed by atoms with Crippen LogP contribution in [0.5, 0.6) is 0 Å². The molecule has 1 aromatic heterocycles. The SMILES string of the molecule is CCc1ccc(C(=O)Nc2sccc2C(=O)N(C)CC(C)C(=O)O)cc1. The molecule has 0 aliphatic carbocycles. The van der Waals surface area contributed by atoms with Gasteiger partial charge in [-0.25, -0.2) is 0 Å². The van der Waals surface area contributed by atoms with Crippen molar-refractivity contribution >= 4 is 34.1 Å². The summed E-state index contributed by atoms with van der Waals surface area (Å²) in [6, 6.07) is 8.94. The molecule has 0 spiro atoms. The highest BCUT2D eigenvalue weighted by molar-refractivity contribution is 7.14. The van der Waals surface area contributed by atoms with Crippen LogP contribution in [0, 0.1) is 5.92 Å². The summed E-state index contributed by atoms with van der Waals surface area (Å²) in [4.78, 5) is 37.3. The number of hydrogen-bond acceptors (Lipinski definition) is 4. The largest absolute Gasteiger partial charge is 0.481 e. The second kappa shape index (κ2) is 8.62. The first kappa shape index (κ1) is 19.7. The van der Waals surface area contributed by atoms with E-state index in [9.17, 15) is 14.4 Å². The number of nitrogens with zero attached hydrogens (tertiary/aromatic N) is 1. The minimum atomic E-state index is -0.959. The molecule has 2 aromatic rings. The first-order valence-corrected chi connectivity index (χ1v) is 9.17. The van der Waals surface area contributed by atoms with Crippen molar-refractivity contribution in [2.45, 2.75) is 20.3 Å². The maximum atomic E-state index is 12.6. The van der Waals surface area contributed by atoms with E-state index in [1.54, 1.807) is 37.6 Å². The van der Waals surface area contributed by atoms with Gasteiger partial charge in [0, 0.05) is 19.2 Å². The summed E-state index contributed by atoms with van der Waals surface area (Å²) < 4.78 is 0. The van der Waals surface area contributed by atoms with Gasteiger partial charge < -0.3 is 15.3 Å². The van der Waals surface area contributed by atoms with Crippen LogP contribution < -0.4 is 5.32 Å². The Hall–Kier alpha value is -2.67. The Bertz CT molecular complexity index is 798. The van der Waals surface area contributed by atoms with E-state index < -0.39 is 11.9 Å². The van der Waals surface area contributed by atoms with Crippen LogP contribution in [-0.4, -0.2) is 41.4 Å². The number of rotatable bonds is 7. The lowest BCUT2D eigenvalue weighted by atomic mass is 10.1. The maximum absolute atomic E-state index is 12.6. The normalized spacial score (nSPS) is 11.7. The Balaban J connectivity index is 2.10. The van der Waals surface area contributed by atoms with E-state index in [0.717, 1.165) is 12.0 Å². The number of amides is 2. The van der Waals surface area contributed by atoms with Crippen molar-refractivity contribution in [3.8, 4) is 0 Å². The van der Waals surface area contributed by atoms with E-state index in [2.05, 4.69) is 5.32 Å². The number of carboxylic acids is 1. The molecule has 2 N–H and O–H groups in total. The highest BCUT2D eigenvalue weighted by atomic mass is 32.1. The van der Waals surface area contributed by atoms with Gasteiger partial charge in [-0.15, -0.1) is 11.3 Å². The molecule has 2 rings (SSSR count). The zero-order chi connectivity index (χ0) is 19.3. The zero-order valence-electron chi connectivity index (χ0n) is 15.0. The minimum absolute atomic E-state index is 0.0931. The first-order valence-electron chi connectivity index (χ1n) is 8.29. The molecule has 0 aliphatic heterocycles. The number of carbonyl (C=O) groups is 3. The summed E-state index contributed by atoms with van der Waals surface area (Å²) in [7, 11) is 1.55. The number of nitrogens with one attached hydrogen (secondary N) is 1. The molecule has 0 saturated carbocycles. The molecule has 7 heteroatoms. The third-order valence-electron chi connectivity index (χ3n) is 4.06. The van der Waals surface area contributed by atoms with Crippen molar-refractivity contribution < 1.29 is 19.5 Å². The fourth-order valence-electron chi connectivity index (χ4n) is 2.42. The quantitative estimate of drug-likeness (QED) is 0.778. The van der Waals surface area contributed by atoms with Crippen LogP contribution in [-0.2, 0) is 11.2 Å². The topological polar surface area (TPSA) is 86.7 Å². The average molecular weight is 374 g/mol. The van der Waals surface area contributed by atoms with Gasteiger partial charge in [-0.3, -0.25) is 14.4 Å². The van der Waals surface area contributed by atoms with Crippen LogP contribution in [0.2, 0.25) is 0 Å². The lowest BCUT2D eigenvalue weighted by molar-refractivity contribution is -0.141. The third-order valence-corrected chi connectivity index (χ3v) is 4.89. The molecule has 2 amide bonds. The van der Waals surface area contributed by atoms with E-state index in [1.165, 1.54) is 16.2 Å². The van der Waals surface area contributed by atoms with Crippen molar-refractivity contribution in [3.05, 3.63) is 52.4 Å². The second-order valence-electron chi connectivity index (χ2n) is 6.09. The molecule has 1 aromatic carbocycles. The smallest absolute Gasteiger partial charge is 0.308 e. The number of benzene rings is 1. The van der Waals surface area contributed by atoms with Crippen LogP contribution in [0.1, 0.15) is 40.1 Å². The van der Waals surface area contributed by atoms with Gasteiger partial charge in [-0.1, -0.05) is 26.0 Å². The van der Waals surface area contributed by atoms with Gasteiger partial charge in [-0.05, 0) is 35.6 Å². The maximum Gasteiger partial charge on any atom is 0.308 e. The minimum Gasteiger partial charge on any atom is -0.481 e. The molecular formula is C19H22N2O4S. The molecule has 0 aliphatic rings. The predicted octanol–water partition coefficient (Wildman–Crippen LogP) is 3.36. The molecule has 0 saturated heterocycles. The molecule has 0 fully saturated rings. The van der Waals surface area contributed by atoms with Gasteiger partial charge in [0.25, 0.3) is 11.8 Å². The van der Waals surface area contributed by atoms with Crippen molar-refractivity contribution in [1.29, 1.82) is 0 Å². The molecule has 26 heavy (non-hydrogen) atoms. The van der Waals surface area contributed by atoms with Crippen molar-refractivity contribution in [3.63, 3.8) is 0 Å². The van der Waals surface area contributed by atoms with Gasteiger partial charge in [0.2, 0.25) is 0 Å². The van der Waals surface area contributed by atoms with Crippen molar-refractivity contribution in [2.75, 3.05) is 18.9 Å². The number of thiophene rings is 1. The Kier molecular flexibility index (Phi) is 6.52. The summed E-state index contributed by atoms with van der Waals surface area (Å²) in [6.07, 6.45) is 0.895. The Morgan fingerprint density at radius 2 is 1.85 bits per heavy atom. The predicted molar refractivity (Wildman–Crippen MR) is 102 cm³/mol. The monoisotopic (exact) mass is 374 g/mol. The number of carboxylic acid groups (broad SMARTS) is 1. The van der Waals surface area contributed by atoms with E-state index in [1.807, 2.05) is 19.1 Å². The summed E-state index contributed by atoms with van der Waals surface area (Å²) in [6.45, 7) is 3.68. The Labute approximate surface area is 156 Å². The number of carbonyl (C=O) groups excluding carboxylic acids is 2. The molecule has 138 valence electrons. The van der Waals surface area contributed by atoms with Crippen LogP contribution in [0.15, 0.2) is 35.7 Å². The standard InChI is InChI=1S/C19H22N2O4S/c1-4-13-5-7-14(8-6-13)16(22)20-17-15(9-10-26-17)18(23)21(3)11-12(2)19(24)25/h5-10,12H,4,11H2,1-3H3,(H,20,22)(H,24,25). The molecule has 6 nitrogen and oxygen atoms in total. The van der Waals surface area contributed by atoms with Crippen LogP contribution >= 0.6 is 11.3 Å². The van der Waals surface area contributed by atoms with Crippen molar-refractivity contribution in [1.82, 2.24) is 4.90 Å². The number of hydrogen-bond donors (Lipinski definition) is 2. The fourth-order valence-corrected chi connectivity index (χ4v) is 3.19. The Morgan fingerprint density at radius 3 is 2.42 bits per heavy atom. The summed E-state index contributed by atoms with van der Waals surface area (Å²) in [5.41, 5.74) is 2.01. The average Bonchev–Trinajstić information content (AvgIpc) is 3.08. The number of anilines is 1. The van der Waals surface area contributed by atoms with Gasteiger partial charge in [0.15, 0.2) is 0 Å². The lowest BCUT2D eigenvalue weighted by Crippen LogP contribution is -2.33. The lowest BCUT2D eigenvalue weighted by Gasteiger charge is -2.19. The number of aryl methyl sites for hydroxylation is 1. The van der Waals surface area contributed by atoms with Gasteiger partial charge in [0.1, 0.15) is 5.00 Å². The van der Waals surface area contributed by atoms with Crippen LogP contribution in [0.3, 0.4) is 0 Å². The molecule has 0 bridgehead atoms. The van der Waals surface area contributed by atoms with E-state index in [4.69, 9.17) is 5.11 Å². The van der Waals surface area contributed by atoms with Gasteiger partial charge >= 0.3 is 5.97 Å². The highest BCUT2D eigenvalue weighted by Crippen LogP contribution is 2.25. The fraction of sp³-hybridized carbons (Fsp3) is 0.316. The summed E-state index contributed by atoms with van der Waals surface area (Å²) >= 11 is 1.26. The Morgan fingerprint density at radius 1 is 1.19 bits per heavy atom. The van der Waals surface area contributed by atoms with E-state index >= 15 is 0 Å². The van der Waals surface area contributed by atoms with Gasteiger partial charge in [-0.2, -0.15) is 0 Å². The second-order valence-corrected chi connectivity index (χ2v) is 7.01. The molecule has 1 unspecified atom stereocenters. The summed E-state index contributed by atoms with van der Waals surface area (Å²) in [5, 5.41) is 13.9. The molecule has 1 heterocycles. The van der Waals surface area contributed by atoms with E-state index in [0.29, 0.717) is 16.1 Å². The molecule has 1 atom stereocenters. The molecular weight excluding hydrogens is 352 g/mol. The number of aliphatic carboxylic acids is 1. The summed E-state index contributed by atoms with van der Waals surface area (Å²) in [5.74, 6) is -2.24. The van der Waals surface area contributed by atoms with Crippen molar-refractivity contribution in [2.24, 2.45) is 5.92 Å². The van der Waals surface area contributed by atoms with E-state index in [-0.39, 0.29) is 18.4 Å². The van der Waals surface area contributed by atoms with Gasteiger partial charge in [0.05, 0.1) is 11.5 Å². The molecule has 0 radical (unpaired) electrons. The third kappa shape index (κ3) is 4.70. The van der Waals surface area contributed by atoms with Crippen LogP contribution in [0.25, 0.3) is 0 Å². The zero-order valence-corrected chi connectivity index (χ0v) is 15.8. The highest BCUT2D eigenvalue weighted by Gasteiger charge is 2.22. The first-order chi connectivity index (χ1) is 12.3. The van der Waals surface area contributed by atoms with Crippen LogP contribution in [0.4, 0.5) is 5.00 Å².